The summed E-state index contributed by atoms with van der Waals surface area (Å²) in [5.74, 6) is 0. The molecule has 0 radical (unpaired) electrons. The molecule has 0 aliphatic carbocycles. The molecule has 0 unspecified atom stereocenters. The molecule has 0 bridgehead atoms. The van der Waals surface area contributed by atoms with Crippen molar-refractivity contribution in [3.05, 3.63) is 48.5 Å². The van der Waals surface area contributed by atoms with E-state index in [0.29, 0.717) is 0 Å². The fourth-order valence-electron chi connectivity index (χ4n) is 4.21. The predicted octanol–water partition coefficient (Wildman–Crippen LogP) is 7.83. The van der Waals surface area contributed by atoms with Gasteiger partial charge >= 0.3 is 0 Å². The van der Waals surface area contributed by atoms with Crippen LogP contribution in [-0.2, 0) is 0 Å². The number of para-hydroxylation sites is 4. The SMILES string of the molecule is CCCCCCCCCCCCN1c2ccccc2N(C)c2ccccc21. The minimum Gasteiger partial charge on any atom is -0.341 e. The van der Waals surface area contributed by atoms with Crippen LogP contribution in [0.25, 0.3) is 0 Å². The van der Waals surface area contributed by atoms with Gasteiger partial charge in [0.25, 0.3) is 0 Å². The van der Waals surface area contributed by atoms with Crippen molar-refractivity contribution in [1.29, 1.82) is 0 Å². The van der Waals surface area contributed by atoms with Crippen LogP contribution in [-0.4, -0.2) is 13.6 Å². The van der Waals surface area contributed by atoms with Gasteiger partial charge in [-0.1, -0.05) is 89.0 Å². The maximum Gasteiger partial charge on any atom is 0.0652 e. The van der Waals surface area contributed by atoms with Crippen molar-refractivity contribution in [1.82, 2.24) is 0 Å². The van der Waals surface area contributed by atoms with Gasteiger partial charge in [0.15, 0.2) is 0 Å². The van der Waals surface area contributed by atoms with Gasteiger partial charge in [-0.05, 0) is 30.7 Å². The van der Waals surface area contributed by atoms with Crippen molar-refractivity contribution in [3.63, 3.8) is 0 Å². The molecule has 3 rings (SSSR count). The van der Waals surface area contributed by atoms with Crippen LogP contribution in [0.1, 0.15) is 71.1 Å². The van der Waals surface area contributed by atoms with Crippen molar-refractivity contribution < 1.29 is 0 Å². The molecule has 0 fully saturated rings. The molecule has 146 valence electrons. The molecule has 1 heterocycles. The maximum absolute atomic E-state index is 2.52. The van der Waals surface area contributed by atoms with Gasteiger partial charge < -0.3 is 9.80 Å². The average molecular weight is 365 g/mol. The van der Waals surface area contributed by atoms with Crippen LogP contribution in [0.5, 0.6) is 0 Å². The topological polar surface area (TPSA) is 6.48 Å². The largest absolute Gasteiger partial charge is 0.341 e. The van der Waals surface area contributed by atoms with Gasteiger partial charge in [0.2, 0.25) is 0 Å². The van der Waals surface area contributed by atoms with Crippen molar-refractivity contribution in [3.8, 4) is 0 Å². The second kappa shape index (κ2) is 10.4. The van der Waals surface area contributed by atoms with Gasteiger partial charge in [-0.25, -0.2) is 0 Å². The molecule has 2 aromatic rings. The molecule has 0 saturated carbocycles. The average Bonchev–Trinajstić information content (AvgIpc) is 2.71. The Morgan fingerprint density at radius 3 is 1.44 bits per heavy atom. The number of hydrogen-bond acceptors (Lipinski definition) is 2. The van der Waals surface area contributed by atoms with Crippen LogP contribution in [0.15, 0.2) is 48.5 Å². The third-order valence-corrected chi connectivity index (χ3v) is 5.80. The second-order valence-electron chi connectivity index (χ2n) is 7.87. The number of nitrogens with zero attached hydrogens (tertiary/aromatic N) is 2. The smallest absolute Gasteiger partial charge is 0.0652 e. The highest BCUT2D eigenvalue weighted by atomic mass is 15.3. The number of unbranched alkanes of at least 4 members (excludes halogenated alkanes) is 9. The lowest BCUT2D eigenvalue weighted by Crippen LogP contribution is -2.28. The zero-order chi connectivity index (χ0) is 18.9. The Labute approximate surface area is 166 Å². The lowest BCUT2D eigenvalue weighted by Gasteiger charge is -2.38. The van der Waals surface area contributed by atoms with Gasteiger partial charge in [-0.2, -0.15) is 0 Å². The van der Waals surface area contributed by atoms with Crippen LogP contribution in [0.3, 0.4) is 0 Å². The van der Waals surface area contributed by atoms with E-state index < -0.39 is 0 Å². The van der Waals surface area contributed by atoms with E-state index >= 15 is 0 Å². The summed E-state index contributed by atoms with van der Waals surface area (Å²) in [6.07, 6.45) is 13.9. The standard InChI is InChI=1S/C25H36N2/c1-3-4-5-6-7-8-9-10-11-16-21-27-24-19-14-12-17-22(24)26(2)23-18-13-15-20-25(23)27/h12-15,17-20H,3-11,16,21H2,1-2H3. The number of benzene rings is 2. The van der Waals surface area contributed by atoms with Gasteiger partial charge in [0.1, 0.15) is 0 Å². The fourth-order valence-corrected chi connectivity index (χ4v) is 4.21. The van der Waals surface area contributed by atoms with Gasteiger partial charge in [0, 0.05) is 13.6 Å². The van der Waals surface area contributed by atoms with Crippen molar-refractivity contribution in [2.45, 2.75) is 71.1 Å². The zero-order valence-corrected chi connectivity index (χ0v) is 17.3. The minimum absolute atomic E-state index is 1.11. The van der Waals surface area contributed by atoms with Crippen molar-refractivity contribution in [2.75, 3.05) is 23.4 Å². The van der Waals surface area contributed by atoms with E-state index in [1.807, 2.05) is 0 Å². The molecule has 2 nitrogen and oxygen atoms in total. The Balaban J connectivity index is 1.49. The first-order valence-corrected chi connectivity index (χ1v) is 11.0. The Morgan fingerprint density at radius 2 is 0.963 bits per heavy atom. The van der Waals surface area contributed by atoms with Crippen LogP contribution >= 0.6 is 0 Å². The number of rotatable bonds is 11. The van der Waals surface area contributed by atoms with E-state index in [2.05, 4.69) is 72.3 Å². The van der Waals surface area contributed by atoms with E-state index in [-0.39, 0.29) is 0 Å². The molecule has 0 N–H and O–H groups in total. The van der Waals surface area contributed by atoms with Gasteiger partial charge in [-0.3, -0.25) is 0 Å². The lowest BCUT2D eigenvalue weighted by molar-refractivity contribution is 0.557. The number of hydrogen-bond donors (Lipinski definition) is 0. The van der Waals surface area contributed by atoms with Crippen LogP contribution in [0.2, 0.25) is 0 Å². The van der Waals surface area contributed by atoms with E-state index in [4.69, 9.17) is 0 Å². The van der Waals surface area contributed by atoms with E-state index in [0.717, 1.165) is 6.54 Å². The molecule has 0 amide bonds. The highest BCUT2D eigenvalue weighted by molar-refractivity contribution is 5.92. The van der Waals surface area contributed by atoms with Crippen molar-refractivity contribution >= 4 is 22.7 Å². The molecule has 1 aliphatic rings. The van der Waals surface area contributed by atoms with E-state index in [1.54, 1.807) is 0 Å². The maximum atomic E-state index is 2.52. The molecule has 0 spiro atoms. The normalized spacial score (nSPS) is 12.8. The van der Waals surface area contributed by atoms with Crippen LogP contribution < -0.4 is 9.80 Å². The molecule has 0 aromatic heterocycles. The summed E-state index contributed by atoms with van der Waals surface area (Å²) in [5, 5.41) is 0. The number of anilines is 4. The Kier molecular flexibility index (Phi) is 7.62. The van der Waals surface area contributed by atoms with Crippen molar-refractivity contribution in [2.24, 2.45) is 0 Å². The Morgan fingerprint density at radius 1 is 0.556 bits per heavy atom. The molecule has 0 atom stereocenters. The molecule has 1 aliphatic heterocycles. The van der Waals surface area contributed by atoms with Gasteiger partial charge in [0.05, 0.1) is 22.7 Å². The monoisotopic (exact) mass is 364 g/mol. The summed E-state index contributed by atoms with van der Waals surface area (Å²) >= 11 is 0. The minimum atomic E-state index is 1.11. The van der Waals surface area contributed by atoms with E-state index in [9.17, 15) is 0 Å². The van der Waals surface area contributed by atoms with Crippen LogP contribution in [0.4, 0.5) is 22.7 Å². The molecular formula is C25H36N2. The molecular weight excluding hydrogens is 328 g/mol. The highest BCUT2D eigenvalue weighted by Gasteiger charge is 2.24. The third-order valence-electron chi connectivity index (χ3n) is 5.80. The summed E-state index contributed by atoms with van der Waals surface area (Å²) in [4.78, 5) is 4.84. The lowest BCUT2D eigenvalue weighted by atomic mass is 10.0. The quantitative estimate of drug-likeness (QED) is 0.375. The Hall–Kier alpha value is -1.96. The number of fused-ring (bicyclic) bond motifs is 2. The third kappa shape index (κ3) is 5.06. The first kappa shape index (κ1) is 19.8. The fraction of sp³-hybridized carbons (Fsp3) is 0.520. The van der Waals surface area contributed by atoms with Crippen LogP contribution in [0, 0.1) is 0 Å². The first-order valence-electron chi connectivity index (χ1n) is 11.0. The Bertz CT molecular complexity index is 647. The predicted molar refractivity (Wildman–Crippen MR) is 120 cm³/mol. The van der Waals surface area contributed by atoms with E-state index in [1.165, 1.54) is 87.0 Å². The summed E-state index contributed by atoms with van der Waals surface area (Å²) < 4.78 is 0. The molecule has 2 aromatic carbocycles. The zero-order valence-electron chi connectivity index (χ0n) is 17.3. The molecule has 27 heavy (non-hydrogen) atoms. The molecule has 0 saturated heterocycles. The second-order valence-corrected chi connectivity index (χ2v) is 7.87. The summed E-state index contributed by atoms with van der Waals surface area (Å²) in [6.45, 7) is 3.40. The molecule has 2 heteroatoms. The first-order chi connectivity index (χ1) is 13.3. The highest BCUT2D eigenvalue weighted by Crippen LogP contribution is 2.46. The summed E-state index contributed by atoms with van der Waals surface area (Å²) in [5.41, 5.74) is 5.30. The summed E-state index contributed by atoms with van der Waals surface area (Å²) in [6, 6.07) is 17.6. The summed E-state index contributed by atoms with van der Waals surface area (Å²) in [7, 11) is 2.18. The van der Waals surface area contributed by atoms with Gasteiger partial charge in [-0.15, -0.1) is 0 Å².